The number of anilines is 3. The maximum atomic E-state index is 9.66. The van der Waals surface area contributed by atoms with E-state index in [-0.39, 0.29) is 6.61 Å². The van der Waals surface area contributed by atoms with E-state index in [0.29, 0.717) is 13.1 Å². The van der Waals surface area contributed by atoms with Crippen LogP contribution in [-0.2, 0) is 45.5 Å². The van der Waals surface area contributed by atoms with Gasteiger partial charge in [0, 0.05) is 36.7 Å². The summed E-state index contributed by atoms with van der Waals surface area (Å²) in [5.74, 6) is 1.83. The number of rotatable bonds is 13. The van der Waals surface area contributed by atoms with Gasteiger partial charge in [-0.2, -0.15) is 0 Å². The van der Waals surface area contributed by atoms with E-state index in [2.05, 4.69) is 80.9 Å². The van der Waals surface area contributed by atoms with Crippen LogP contribution >= 0.6 is 0 Å². The Bertz CT molecular complexity index is 1400. The molecule has 2 aromatic heterocycles. The molecule has 4 rings (SSSR count). The summed E-state index contributed by atoms with van der Waals surface area (Å²) in [5, 5.41) is 20.7. The van der Waals surface area contributed by atoms with E-state index in [1.807, 2.05) is 32.0 Å². The van der Waals surface area contributed by atoms with Crippen LogP contribution in [-0.4, -0.2) is 15.1 Å². The number of hydrogen-bond donors (Lipinski definition) is 4. The molecule has 0 fully saturated rings. The van der Waals surface area contributed by atoms with E-state index in [0.717, 1.165) is 60.1 Å². The molecule has 42 heavy (non-hydrogen) atoms. The smallest absolute Gasteiger partial charge is 0.126 e. The van der Waals surface area contributed by atoms with Crippen molar-refractivity contribution in [3.63, 3.8) is 0 Å². The molecule has 0 atom stereocenters. The van der Waals surface area contributed by atoms with E-state index in [1.165, 1.54) is 44.5 Å². The first-order valence-electron chi connectivity index (χ1n) is 15.2. The van der Waals surface area contributed by atoms with Crippen LogP contribution in [0.15, 0.2) is 48.5 Å². The number of nitrogens with one attached hydrogen (secondary N) is 3. The first-order chi connectivity index (χ1) is 20.3. The summed E-state index contributed by atoms with van der Waals surface area (Å²) in [4.78, 5) is 9.52. The van der Waals surface area contributed by atoms with Crippen molar-refractivity contribution >= 4 is 17.3 Å². The molecule has 0 radical (unpaired) electrons. The van der Waals surface area contributed by atoms with Crippen molar-refractivity contribution in [2.24, 2.45) is 0 Å². The number of aromatic nitrogens is 2. The number of pyridine rings is 2. The Morgan fingerprint density at radius 1 is 0.571 bits per heavy atom. The van der Waals surface area contributed by atoms with Crippen molar-refractivity contribution in [2.45, 2.75) is 94.0 Å². The van der Waals surface area contributed by atoms with E-state index in [1.54, 1.807) is 0 Å². The molecule has 0 bridgehead atoms. The van der Waals surface area contributed by atoms with Gasteiger partial charge in [0.25, 0.3) is 0 Å². The molecule has 0 unspecified atom stereocenters. The van der Waals surface area contributed by atoms with Gasteiger partial charge in [0.15, 0.2) is 0 Å². The third kappa shape index (κ3) is 7.48. The minimum Gasteiger partial charge on any atom is -0.392 e. The Kier molecular flexibility index (Phi) is 10.6. The lowest BCUT2D eigenvalue weighted by Gasteiger charge is -2.27. The fraction of sp³-hybridized carbons (Fsp3) is 0.389. The minimum absolute atomic E-state index is 0.0334. The lowest BCUT2D eigenvalue weighted by Crippen LogP contribution is -2.19. The molecule has 0 aliphatic heterocycles. The van der Waals surface area contributed by atoms with Crippen molar-refractivity contribution in [3.8, 4) is 0 Å². The van der Waals surface area contributed by atoms with Gasteiger partial charge < -0.3 is 21.1 Å². The molecule has 0 aliphatic rings. The summed E-state index contributed by atoms with van der Waals surface area (Å²) in [5.41, 5.74) is 14.7. The van der Waals surface area contributed by atoms with Gasteiger partial charge in [-0.15, -0.1) is 0 Å². The van der Waals surface area contributed by atoms with Crippen LogP contribution in [0.2, 0.25) is 0 Å². The summed E-state index contributed by atoms with van der Waals surface area (Å²) in [7, 11) is 0. The van der Waals surface area contributed by atoms with Gasteiger partial charge in [-0.1, -0.05) is 32.9 Å². The first kappa shape index (κ1) is 31.0. The minimum atomic E-state index is 0.0334. The summed E-state index contributed by atoms with van der Waals surface area (Å²) in [6, 6.07) is 16.5. The standard InChI is InChI=1S/C36H47N5O/c1-8-29-32(19-37-28-13-11-12-27(18-28)22-42)30(9-2)34(21-39-36-17-24(5)15-26(7)41-36)31(10-3)33(29)20-38-35-16-23(4)14-25(6)40-35/h11-18,37,42H,8-10,19-22H2,1-7H3,(H,38,40)(H,39,41). The molecule has 2 aromatic carbocycles. The molecule has 4 aromatic rings. The number of nitrogens with zero attached hydrogens (tertiary/aromatic N) is 2. The molecule has 222 valence electrons. The fourth-order valence-corrected chi connectivity index (χ4v) is 6.21. The second kappa shape index (κ2) is 14.3. The second-order valence-electron chi connectivity index (χ2n) is 11.2. The van der Waals surface area contributed by atoms with Crippen LogP contribution in [0.4, 0.5) is 17.3 Å². The number of aryl methyl sites for hydroxylation is 4. The molecule has 0 aliphatic carbocycles. The lowest BCUT2D eigenvalue weighted by atomic mass is 9.83. The van der Waals surface area contributed by atoms with E-state index in [9.17, 15) is 5.11 Å². The highest BCUT2D eigenvalue weighted by Gasteiger charge is 2.21. The maximum absolute atomic E-state index is 9.66. The average molecular weight is 566 g/mol. The van der Waals surface area contributed by atoms with E-state index in [4.69, 9.17) is 9.97 Å². The molecule has 4 N–H and O–H groups in total. The van der Waals surface area contributed by atoms with Crippen LogP contribution in [0, 0.1) is 27.7 Å². The predicted octanol–water partition coefficient (Wildman–Crippen LogP) is 7.73. The SMILES string of the molecule is CCc1c(CNc2cccc(CO)c2)c(CC)c(CNc2cc(C)cc(C)n2)c(CC)c1CNc1cc(C)cc(C)n1. The molecule has 0 saturated carbocycles. The van der Waals surface area contributed by atoms with Gasteiger partial charge in [0.2, 0.25) is 0 Å². The quantitative estimate of drug-likeness (QED) is 0.133. The normalized spacial score (nSPS) is 11.0. The highest BCUT2D eigenvalue weighted by molar-refractivity contribution is 5.57. The van der Waals surface area contributed by atoms with Crippen molar-refractivity contribution in [1.29, 1.82) is 0 Å². The zero-order valence-electron chi connectivity index (χ0n) is 26.4. The first-order valence-corrected chi connectivity index (χ1v) is 15.2. The Morgan fingerprint density at radius 2 is 1.02 bits per heavy atom. The third-order valence-electron chi connectivity index (χ3n) is 7.91. The zero-order valence-corrected chi connectivity index (χ0v) is 26.4. The van der Waals surface area contributed by atoms with Crippen LogP contribution in [0.5, 0.6) is 0 Å². The van der Waals surface area contributed by atoms with Crippen LogP contribution in [0.1, 0.15) is 82.2 Å². The van der Waals surface area contributed by atoms with Crippen LogP contribution < -0.4 is 16.0 Å². The van der Waals surface area contributed by atoms with E-state index < -0.39 is 0 Å². The van der Waals surface area contributed by atoms with Gasteiger partial charge in [-0.05, 0) is 133 Å². The zero-order chi connectivity index (χ0) is 30.2. The second-order valence-corrected chi connectivity index (χ2v) is 11.2. The van der Waals surface area contributed by atoms with Gasteiger partial charge in [-0.3, -0.25) is 0 Å². The molecule has 0 amide bonds. The van der Waals surface area contributed by atoms with Gasteiger partial charge in [0.05, 0.1) is 6.61 Å². The summed E-state index contributed by atoms with van der Waals surface area (Å²) in [6.07, 6.45) is 2.83. The number of aliphatic hydroxyl groups is 1. The van der Waals surface area contributed by atoms with Crippen LogP contribution in [0.25, 0.3) is 0 Å². The van der Waals surface area contributed by atoms with Crippen molar-refractivity contribution in [3.05, 3.63) is 110 Å². The summed E-state index contributed by atoms with van der Waals surface area (Å²) < 4.78 is 0. The highest BCUT2D eigenvalue weighted by atomic mass is 16.3. The summed E-state index contributed by atoms with van der Waals surface area (Å²) >= 11 is 0. The van der Waals surface area contributed by atoms with Crippen molar-refractivity contribution in [1.82, 2.24) is 9.97 Å². The number of benzene rings is 2. The fourth-order valence-electron chi connectivity index (χ4n) is 6.21. The molecular formula is C36H47N5O. The third-order valence-corrected chi connectivity index (χ3v) is 7.91. The van der Waals surface area contributed by atoms with Gasteiger partial charge in [-0.25, -0.2) is 9.97 Å². The average Bonchev–Trinajstić information content (AvgIpc) is 2.96. The lowest BCUT2D eigenvalue weighted by molar-refractivity contribution is 0.282. The molecular weight excluding hydrogens is 518 g/mol. The van der Waals surface area contributed by atoms with E-state index >= 15 is 0 Å². The molecule has 0 saturated heterocycles. The monoisotopic (exact) mass is 565 g/mol. The van der Waals surface area contributed by atoms with Gasteiger partial charge in [0.1, 0.15) is 11.6 Å². The molecule has 2 heterocycles. The Balaban J connectivity index is 1.80. The summed E-state index contributed by atoms with van der Waals surface area (Å²) in [6.45, 7) is 17.3. The maximum Gasteiger partial charge on any atom is 0.126 e. The van der Waals surface area contributed by atoms with Crippen molar-refractivity contribution < 1.29 is 5.11 Å². The van der Waals surface area contributed by atoms with Crippen molar-refractivity contribution in [2.75, 3.05) is 16.0 Å². The predicted molar refractivity (Wildman–Crippen MR) is 176 cm³/mol. The Morgan fingerprint density at radius 3 is 1.43 bits per heavy atom. The number of aliphatic hydroxyl groups excluding tert-OH is 1. The molecule has 0 spiro atoms. The Labute approximate surface area is 252 Å². The Hall–Kier alpha value is -3.90. The highest BCUT2D eigenvalue weighted by Crippen LogP contribution is 2.33. The molecule has 6 nitrogen and oxygen atoms in total. The molecule has 6 heteroatoms. The number of hydrogen-bond acceptors (Lipinski definition) is 6. The van der Waals surface area contributed by atoms with Gasteiger partial charge >= 0.3 is 0 Å². The largest absolute Gasteiger partial charge is 0.392 e. The van der Waals surface area contributed by atoms with Crippen LogP contribution in [0.3, 0.4) is 0 Å². The topological polar surface area (TPSA) is 82.1 Å².